The van der Waals surface area contributed by atoms with Crippen LogP contribution in [0.5, 0.6) is 23.0 Å². The number of rotatable bonds is 10. The molecule has 4 bridgehead atoms. The number of amides is 2. The van der Waals surface area contributed by atoms with Gasteiger partial charge in [-0.2, -0.15) is 10.2 Å². The van der Waals surface area contributed by atoms with Gasteiger partial charge in [0.2, 0.25) is 23.3 Å². The molecule has 0 saturated heterocycles. The summed E-state index contributed by atoms with van der Waals surface area (Å²) in [5, 5.41) is 50.5. The van der Waals surface area contributed by atoms with Crippen LogP contribution in [-0.4, -0.2) is 58.5 Å². The van der Waals surface area contributed by atoms with Gasteiger partial charge in [-0.25, -0.2) is 10.9 Å². The van der Waals surface area contributed by atoms with E-state index in [1.807, 2.05) is 0 Å². The Kier molecular flexibility index (Phi) is 7.84. The average Bonchev–Trinajstić information content (AvgIpc) is 2.97. The van der Waals surface area contributed by atoms with E-state index in [1.165, 1.54) is 38.8 Å². The third kappa shape index (κ3) is 5.45. The van der Waals surface area contributed by atoms with Crippen LogP contribution in [0.15, 0.2) is 34.5 Å². The largest absolute Gasteiger partial charge is 0.500 e. The van der Waals surface area contributed by atoms with Gasteiger partial charge in [0.1, 0.15) is 0 Å². The molecule has 4 aliphatic carbocycles. The van der Waals surface area contributed by atoms with E-state index >= 15 is 0 Å². The molecule has 0 aromatic heterocycles. The summed E-state index contributed by atoms with van der Waals surface area (Å²) < 4.78 is 9.98. The van der Waals surface area contributed by atoms with E-state index in [0.29, 0.717) is 25.7 Å². The van der Waals surface area contributed by atoms with Crippen LogP contribution >= 0.6 is 0 Å². The number of nitro groups is 2. The van der Waals surface area contributed by atoms with Crippen molar-refractivity contribution in [2.24, 2.45) is 32.9 Å². The first-order chi connectivity index (χ1) is 20.9. The van der Waals surface area contributed by atoms with Crippen molar-refractivity contribution in [2.45, 2.75) is 38.5 Å². The monoisotopic (exact) mass is 610 g/mol. The zero-order chi connectivity index (χ0) is 31.8. The lowest BCUT2D eigenvalue weighted by Crippen LogP contribution is -2.60. The lowest BCUT2D eigenvalue weighted by Gasteiger charge is -2.60. The number of hydrazone groups is 2. The van der Waals surface area contributed by atoms with Crippen molar-refractivity contribution in [1.82, 2.24) is 10.9 Å². The van der Waals surface area contributed by atoms with Crippen LogP contribution in [-0.2, 0) is 9.59 Å². The molecule has 2 aromatic carbocycles. The Labute approximate surface area is 250 Å². The van der Waals surface area contributed by atoms with E-state index in [9.17, 15) is 40.0 Å². The van der Waals surface area contributed by atoms with Gasteiger partial charge in [0.05, 0.1) is 47.3 Å². The van der Waals surface area contributed by atoms with Gasteiger partial charge < -0.3 is 19.7 Å². The molecule has 0 heterocycles. The molecular weight excluding hydrogens is 580 g/mol. The number of carbonyl (C=O) groups excluding carboxylic acids is 2. The molecule has 16 heteroatoms. The quantitative estimate of drug-likeness (QED) is 0.174. The molecule has 6 rings (SSSR count). The maximum absolute atomic E-state index is 13.5. The van der Waals surface area contributed by atoms with Crippen LogP contribution < -0.4 is 20.3 Å². The maximum Gasteiger partial charge on any atom is 0.315 e. The van der Waals surface area contributed by atoms with Gasteiger partial charge >= 0.3 is 11.4 Å². The topological polar surface area (TPSA) is 228 Å². The number of phenolic OH excluding ortho intramolecular Hbond substituents is 2. The first kappa shape index (κ1) is 30.2. The van der Waals surface area contributed by atoms with Crippen LogP contribution in [0.4, 0.5) is 11.4 Å². The second kappa shape index (κ2) is 11.4. The summed E-state index contributed by atoms with van der Waals surface area (Å²) in [6.07, 6.45) is 6.01. The number of nitro benzene ring substituents is 2. The fraction of sp³-hybridized carbons (Fsp3) is 0.429. The summed E-state index contributed by atoms with van der Waals surface area (Å²) in [6, 6.07) is 4.89. The summed E-state index contributed by atoms with van der Waals surface area (Å²) in [7, 11) is 2.50. The minimum absolute atomic E-state index is 0.119. The molecule has 0 aliphatic heterocycles. The molecule has 4 aliphatic rings. The van der Waals surface area contributed by atoms with Crippen LogP contribution in [0.3, 0.4) is 0 Å². The Hall–Kier alpha value is -5.28. The van der Waals surface area contributed by atoms with E-state index in [1.54, 1.807) is 0 Å². The molecule has 4 N–H and O–H groups in total. The molecule has 0 spiro atoms. The summed E-state index contributed by atoms with van der Waals surface area (Å²) in [4.78, 5) is 48.1. The van der Waals surface area contributed by atoms with Crippen molar-refractivity contribution in [3.8, 4) is 23.0 Å². The van der Waals surface area contributed by atoms with Crippen LogP contribution in [0.25, 0.3) is 0 Å². The molecule has 16 nitrogen and oxygen atoms in total. The summed E-state index contributed by atoms with van der Waals surface area (Å²) >= 11 is 0. The van der Waals surface area contributed by atoms with Crippen LogP contribution in [0, 0.1) is 42.9 Å². The summed E-state index contributed by atoms with van der Waals surface area (Å²) in [5.41, 5.74) is 2.72. The van der Waals surface area contributed by atoms with E-state index in [2.05, 4.69) is 21.1 Å². The summed E-state index contributed by atoms with van der Waals surface area (Å²) in [5.74, 6) is -1.89. The molecule has 2 unspecified atom stereocenters. The van der Waals surface area contributed by atoms with Gasteiger partial charge in [-0.1, -0.05) is 0 Å². The Morgan fingerprint density at radius 1 is 0.818 bits per heavy atom. The number of carbonyl (C=O) groups is 2. The Bertz CT molecular complexity index is 1480. The fourth-order valence-corrected chi connectivity index (χ4v) is 7.33. The lowest BCUT2D eigenvalue weighted by molar-refractivity contribution is -0.386. The number of methoxy groups -OCH3 is 2. The van der Waals surface area contributed by atoms with Gasteiger partial charge in [-0.05, 0) is 62.5 Å². The van der Waals surface area contributed by atoms with Gasteiger partial charge in [0, 0.05) is 23.3 Å². The standard InChI is InChI=1S/C28H30N6O10/c1-43-21-6-15(4-19(23(21)35)33(39)40)12-29-31-25(37)27-8-17-3-18(9-27)11-28(10-17,14-27)26(38)32-30-13-16-5-20(34(41)42)24(36)22(7-16)44-2/h4-7,12-13,17-18,35-36H,3,8-11,14H2,1-2H3,(H,31,37)(H,32,38)/b29-12-,30-13+. The first-order valence-corrected chi connectivity index (χ1v) is 13.7. The van der Waals surface area contributed by atoms with E-state index < -0.39 is 43.6 Å². The van der Waals surface area contributed by atoms with Gasteiger partial charge in [0.15, 0.2) is 11.5 Å². The number of hydrogen-bond donors (Lipinski definition) is 4. The predicted octanol–water partition coefficient (Wildman–Crippen LogP) is 3.12. The Balaban J connectivity index is 1.30. The normalized spacial score (nSPS) is 25.2. The van der Waals surface area contributed by atoms with Crippen molar-refractivity contribution in [2.75, 3.05) is 14.2 Å². The third-order valence-corrected chi connectivity index (χ3v) is 8.77. The van der Waals surface area contributed by atoms with Crippen molar-refractivity contribution < 1.29 is 39.1 Å². The molecule has 44 heavy (non-hydrogen) atoms. The number of benzene rings is 2. The van der Waals surface area contributed by atoms with Gasteiger partial charge in [0.25, 0.3) is 0 Å². The average molecular weight is 611 g/mol. The highest BCUT2D eigenvalue weighted by atomic mass is 16.6. The number of phenols is 2. The highest BCUT2D eigenvalue weighted by molar-refractivity contribution is 5.90. The number of nitrogens with one attached hydrogen (secondary N) is 2. The highest BCUT2D eigenvalue weighted by Gasteiger charge is 2.63. The first-order valence-electron chi connectivity index (χ1n) is 13.7. The van der Waals surface area contributed by atoms with Crippen molar-refractivity contribution in [3.63, 3.8) is 0 Å². The van der Waals surface area contributed by atoms with Gasteiger partial charge in [-0.3, -0.25) is 29.8 Å². The zero-order valence-electron chi connectivity index (χ0n) is 23.8. The van der Waals surface area contributed by atoms with Crippen LogP contribution in [0.1, 0.15) is 49.7 Å². The van der Waals surface area contributed by atoms with Crippen LogP contribution in [0.2, 0.25) is 0 Å². The Morgan fingerprint density at radius 2 is 1.20 bits per heavy atom. The number of ether oxygens (including phenoxy) is 2. The van der Waals surface area contributed by atoms with E-state index in [-0.39, 0.29) is 52.7 Å². The molecule has 232 valence electrons. The minimum Gasteiger partial charge on any atom is -0.500 e. The highest BCUT2D eigenvalue weighted by Crippen LogP contribution is 2.65. The number of nitrogens with zero attached hydrogens (tertiary/aromatic N) is 4. The Morgan fingerprint density at radius 3 is 1.55 bits per heavy atom. The maximum atomic E-state index is 13.5. The van der Waals surface area contributed by atoms with Crippen molar-refractivity contribution in [3.05, 3.63) is 55.6 Å². The molecular formula is C28H30N6O10. The summed E-state index contributed by atoms with van der Waals surface area (Å²) in [6.45, 7) is 0. The molecule has 0 radical (unpaired) electrons. The second-order valence-electron chi connectivity index (χ2n) is 11.6. The second-order valence-corrected chi connectivity index (χ2v) is 11.6. The van der Waals surface area contributed by atoms with E-state index in [4.69, 9.17) is 9.47 Å². The molecule has 4 fully saturated rings. The molecule has 2 aromatic rings. The van der Waals surface area contributed by atoms with Crippen molar-refractivity contribution >= 4 is 35.6 Å². The SMILES string of the molecule is COc1cc(/C=N\NC(=O)C23CC4CC(C2)CC(C(=O)N/N=C/c2cc(OC)c(O)c([N+](=O)[O-])c2)(C4)C3)cc([N+](=O)[O-])c1O. The van der Waals surface area contributed by atoms with Crippen molar-refractivity contribution in [1.29, 1.82) is 0 Å². The van der Waals surface area contributed by atoms with Gasteiger partial charge in [-0.15, -0.1) is 0 Å². The number of hydrogen-bond acceptors (Lipinski definition) is 12. The lowest BCUT2D eigenvalue weighted by atomic mass is 9.43. The smallest absolute Gasteiger partial charge is 0.315 e. The third-order valence-electron chi connectivity index (χ3n) is 8.77. The minimum atomic E-state index is -0.841. The zero-order valence-corrected chi connectivity index (χ0v) is 23.8. The fourth-order valence-electron chi connectivity index (χ4n) is 7.33. The predicted molar refractivity (Wildman–Crippen MR) is 154 cm³/mol. The van der Waals surface area contributed by atoms with E-state index in [0.717, 1.165) is 18.6 Å². The number of aromatic hydroxyl groups is 2. The molecule has 2 atom stereocenters. The molecule has 2 amide bonds. The molecule has 4 saturated carbocycles.